The molecule has 1 atom stereocenters. The van der Waals surface area contributed by atoms with Crippen molar-refractivity contribution in [3.63, 3.8) is 0 Å². The molecule has 2 N–H and O–H groups in total. The lowest BCUT2D eigenvalue weighted by atomic mass is 10.1. The highest BCUT2D eigenvalue weighted by Gasteiger charge is 2.24. The fourth-order valence-electron chi connectivity index (χ4n) is 3.69. The summed E-state index contributed by atoms with van der Waals surface area (Å²) in [7, 11) is 0. The maximum atomic E-state index is 12.4. The molecule has 1 fully saturated rings. The van der Waals surface area contributed by atoms with Crippen LogP contribution >= 0.6 is 0 Å². The Kier molecular flexibility index (Phi) is 6.87. The summed E-state index contributed by atoms with van der Waals surface area (Å²) in [6.07, 6.45) is 2.91. The molecule has 8 nitrogen and oxygen atoms in total. The van der Waals surface area contributed by atoms with Crippen molar-refractivity contribution in [3.05, 3.63) is 47.3 Å². The average Bonchev–Trinajstić information content (AvgIpc) is 3.31. The van der Waals surface area contributed by atoms with E-state index in [1.54, 1.807) is 4.68 Å². The number of aryl methyl sites for hydroxylation is 1. The second kappa shape index (κ2) is 9.56. The summed E-state index contributed by atoms with van der Waals surface area (Å²) >= 11 is 0. The molecule has 0 aliphatic heterocycles. The Morgan fingerprint density at radius 3 is 2.50 bits per heavy atom. The Labute approximate surface area is 176 Å². The molecule has 1 aliphatic carbocycles. The number of benzene rings is 1. The molecule has 1 heterocycles. The highest BCUT2D eigenvalue weighted by molar-refractivity contribution is 5.97. The highest BCUT2D eigenvalue weighted by Crippen LogP contribution is 2.19. The molecule has 0 saturated heterocycles. The molecule has 8 heteroatoms. The van der Waals surface area contributed by atoms with Gasteiger partial charge in [-0.3, -0.25) is 14.9 Å². The van der Waals surface area contributed by atoms with Crippen molar-refractivity contribution in [2.24, 2.45) is 0 Å². The minimum Gasteiger partial charge on any atom is -0.452 e. The summed E-state index contributed by atoms with van der Waals surface area (Å²) in [5.41, 5.74) is 3.22. The molecular formula is C22H28N4O4. The van der Waals surface area contributed by atoms with Crippen molar-refractivity contribution in [1.82, 2.24) is 20.4 Å². The minimum atomic E-state index is -1.07. The van der Waals surface area contributed by atoms with Gasteiger partial charge < -0.3 is 10.1 Å². The Balaban J connectivity index is 1.55. The number of aromatic nitrogens is 2. The third-order valence-electron chi connectivity index (χ3n) is 5.37. The lowest BCUT2D eigenvalue weighted by molar-refractivity contribution is -0.153. The minimum absolute atomic E-state index is 0.00358. The van der Waals surface area contributed by atoms with Gasteiger partial charge in [0.25, 0.3) is 5.91 Å². The Bertz CT molecular complexity index is 917. The lowest BCUT2D eigenvalue weighted by Gasteiger charge is -2.15. The first-order valence-electron chi connectivity index (χ1n) is 10.3. The van der Waals surface area contributed by atoms with Gasteiger partial charge >= 0.3 is 12.0 Å². The number of urea groups is 1. The number of rotatable bonds is 6. The van der Waals surface area contributed by atoms with Gasteiger partial charge in [0.2, 0.25) is 0 Å². The van der Waals surface area contributed by atoms with E-state index < -0.39 is 24.0 Å². The van der Waals surface area contributed by atoms with Crippen molar-refractivity contribution in [2.75, 3.05) is 0 Å². The summed E-state index contributed by atoms with van der Waals surface area (Å²) in [4.78, 5) is 36.5. The predicted molar refractivity (Wildman–Crippen MR) is 111 cm³/mol. The first-order valence-corrected chi connectivity index (χ1v) is 10.3. The third-order valence-corrected chi connectivity index (χ3v) is 5.37. The van der Waals surface area contributed by atoms with Gasteiger partial charge in [-0.15, -0.1) is 0 Å². The fraction of sp³-hybridized carbons (Fsp3) is 0.455. The van der Waals surface area contributed by atoms with Gasteiger partial charge in [-0.25, -0.2) is 9.48 Å². The van der Waals surface area contributed by atoms with Gasteiger partial charge in [0.05, 0.1) is 17.8 Å². The molecule has 160 valence electrons. The number of ether oxygens (including phenoxy) is 1. The summed E-state index contributed by atoms with van der Waals surface area (Å²) in [6, 6.07) is 9.18. The molecule has 0 unspecified atom stereocenters. The van der Waals surface area contributed by atoms with Crippen molar-refractivity contribution in [1.29, 1.82) is 0 Å². The first kappa shape index (κ1) is 21.5. The van der Waals surface area contributed by atoms with Crippen LogP contribution in [0.2, 0.25) is 0 Å². The van der Waals surface area contributed by atoms with Crippen LogP contribution in [0.15, 0.2) is 30.3 Å². The third kappa shape index (κ3) is 5.25. The van der Waals surface area contributed by atoms with E-state index in [1.165, 1.54) is 6.92 Å². The van der Waals surface area contributed by atoms with Crippen molar-refractivity contribution < 1.29 is 19.1 Å². The molecule has 0 radical (unpaired) electrons. The van der Waals surface area contributed by atoms with Crippen LogP contribution in [0.4, 0.5) is 4.79 Å². The summed E-state index contributed by atoms with van der Waals surface area (Å²) in [6.45, 7) is 5.17. The molecular weight excluding hydrogens is 384 g/mol. The zero-order valence-electron chi connectivity index (χ0n) is 17.6. The number of carbonyl (C=O) groups excluding carboxylic acids is 3. The molecule has 0 spiro atoms. The zero-order chi connectivity index (χ0) is 21.7. The Hall–Kier alpha value is -3.16. The first-order chi connectivity index (χ1) is 14.3. The number of nitrogens with one attached hydrogen (secondary N) is 2. The van der Waals surface area contributed by atoms with E-state index in [9.17, 15) is 14.4 Å². The monoisotopic (exact) mass is 412 g/mol. The number of nitrogens with zero attached hydrogens (tertiary/aromatic N) is 2. The van der Waals surface area contributed by atoms with Crippen molar-refractivity contribution in [2.45, 2.75) is 65.0 Å². The molecule has 1 aromatic heterocycles. The molecule has 3 amide bonds. The lowest BCUT2D eigenvalue weighted by Crippen LogP contribution is -2.47. The van der Waals surface area contributed by atoms with E-state index in [2.05, 4.69) is 15.7 Å². The normalized spacial score (nSPS) is 14.9. The quantitative estimate of drug-likeness (QED) is 0.711. The summed E-state index contributed by atoms with van der Waals surface area (Å²) in [5, 5.41) is 9.52. The Morgan fingerprint density at radius 1 is 1.17 bits per heavy atom. The van der Waals surface area contributed by atoms with Crippen molar-refractivity contribution in [3.8, 4) is 5.69 Å². The molecule has 30 heavy (non-hydrogen) atoms. The maximum Gasteiger partial charge on any atom is 0.321 e. The van der Waals surface area contributed by atoms with Crippen LogP contribution in [-0.4, -0.2) is 39.8 Å². The zero-order valence-corrected chi connectivity index (χ0v) is 17.6. The second-order valence-electron chi connectivity index (χ2n) is 7.65. The van der Waals surface area contributed by atoms with E-state index in [0.717, 1.165) is 48.3 Å². The fourth-order valence-corrected chi connectivity index (χ4v) is 3.69. The Morgan fingerprint density at radius 2 is 1.83 bits per heavy atom. The predicted octanol–water partition coefficient (Wildman–Crippen LogP) is 2.73. The van der Waals surface area contributed by atoms with Crippen LogP contribution in [0.3, 0.4) is 0 Å². The molecule has 1 aliphatic rings. The van der Waals surface area contributed by atoms with Crippen LogP contribution in [-0.2, 0) is 20.7 Å². The maximum absolute atomic E-state index is 12.4. The SMILES string of the molecule is Cc1nn(-c2ccccc2)c(C)c1CC(=O)O[C@H](C)C(=O)NC(=O)NC1CCCC1. The largest absolute Gasteiger partial charge is 0.452 e. The number of hydrogen-bond donors (Lipinski definition) is 2. The topological polar surface area (TPSA) is 102 Å². The van der Waals surface area contributed by atoms with Crippen molar-refractivity contribution >= 4 is 17.9 Å². The van der Waals surface area contributed by atoms with Gasteiger partial charge in [0, 0.05) is 17.3 Å². The standard InChI is InChI=1S/C22H28N4O4/c1-14-19(15(2)26(25-14)18-11-5-4-6-12-18)13-20(27)30-16(3)21(28)24-22(29)23-17-9-7-8-10-17/h4-6,11-12,16-17H,7-10,13H2,1-3H3,(H2,23,24,28,29)/t16-/m1/s1. The van der Waals surface area contributed by atoms with Gasteiger partial charge in [-0.1, -0.05) is 31.0 Å². The van der Waals surface area contributed by atoms with Crippen LogP contribution < -0.4 is 10.6 Å². The number of carbonyl (C=O) groups is 3. The number of para-hydroxylation sites is 1. The van der Waals surface area contributed by atoms with Gasteiger partial charge in [0.1, 0.15) is 0 Å². The van der Waals surface area contributed by atoms with Crippen LogP contribution in [0, 0.1) is 13.8 Å². The van der Waals surface area contributed by atoms with E-state index in [0.29, 0.717) is 0 Å². The second-order valence-corrected chi connectivity index (χ2v) is 7.65. The van der Waals surface area contributed by atoms with Gasteiger partial charge in [-0.05, 0) is 45.7 Å². The van der Waals surface area contributed by atoms with E-state index >= 15 is 0 Å². The molecule has 3 rings (SSSR count). The van der Waals surface area contributed by atoms with E-state index in [4.69, 9.17) is 4.74 Å². The number of hydrogen-bond acceptors (Lipinski definition) is 5. The molecule has 2 aromatic rings. The average molecular weight is 412 g/mol. The van der Waals surface area contributed by atoms with Gasteiger partial charge in [0.15, 0.2) is 6.10 Å². The van der Waals surface area contributed by atoms with Gasteiger partial charge in [-0.2, -0.15) is 5.10 Å². The van der Waals surface area contributed by atoms with E-state index in [-0.39, 0.29) is 12.5 Å². The molecule has 1 saturated carbocycles. The summed E-state index contributed by atoms with van der Waals surface area (Å²) in [5.74, 6) is -1.19. The highest BCUT2D eigenvalue weighted by atomic mass is 16.5. The van der Waals surface area contributed by atoms with Crippen LogP contribution in [0.25, 0.3) is 5.69 Å². The van der Waals surface area contributed by atoms with Crippen LogP contribution in [0.1, 0.15) is 49.6 Å². The molecule has 0 bridgehead atoms. The van der Waals surface area contributed by atoms with Crippen LogP contribution in [0.5, 0.6) is 0 Å². The number of imide groups is 1. The number of amides is 3. The number of esters is 1. The molecule has 1 aromatic carbocycles. The van der Waals surface area contributed by atoms with E-state index in [1.807, 2.05) is 44.2 Å². The smallest absolute Gasteiger partial charge is 0.321 e. The summed E-state index contributed by atoms with van der Waals surface area (Å²) < 4.78 is 7.02.